The van der Waals surface area contributed by atoms with Gasteiger partial charge in [-0.15, -0.1) is 0 Å². The third-order valence-corrected chi connectivity index (χ3v) is 3.57. The molecule has 1 amide bonds. The summed E-state index contributed by atoms with van der Waals surface area (Å²) in [5, 5.41) is 0. The molecule has 116 valence electrons. The zero-order valence-corrected chi connectivity index (χ0v) is 14.2. The highest BCUT2D eigenvalue weighted by atomic mass is 79.9. The third-order valence-electron chi connectivity index (χ3n) is 3.08. The molecule has 0 radical (unpaired) electrons. The Hall–Kier alpha value is -1.30. The highest BCUT2D eigenvalue weighted by Gasteiger charge is 2.27. The van der Waals surface area contributed by atoms with E-state index in [2.05, 4.69) is 20.9 Å². The zero-order valence-electron chi connectivity index (χ0n) is 12.6. The second-order valence-electron chi connectivity index (χ2n) is 6.10. The Morgan fingerprint density at radius 1 is 1.38 bits per heavy atom. The van der Waals surface area contributed by atoms with E-state index in [-0.39, 0.29) is 12.2 Å². The predicted octanol–water partition coefficient (Wildman–Crippen LogP) is 3.62. The normalized spacial score (nSPS) is 16.7. The summed E-state index contributed by atoms with van der Waals surface area (Å²) in [7, 11) is 0. The number of aromatic nitrogens is 1. The molecule has 5 nitrogen and oxygen atoms in total. The summed E-state index contributed by atoms with van der Waals surface area (Å²) in [6.07, 6.45) is 3.11. The standard InChI is InChI=1S/C15H21BrN2O3/c1-15(2,3)21-14(19)18-8-5-12(6-9-18)20-13-10-11(16)4-7-17-13/h4,7,10,12H,5-6,8-9H2,1-3H3. The molecule has 2 heterocycles. The van der Waals surface area contributed by atoms with Crippen molar-refractivity contribution in [3.63, 3.8) is 0 Å². The Labute approximate surface area is 133 Å². The summed E-state index contributed by atoms with van der Waals surface area (Å²) in [5.74, 6) is 0.611. The second kappa shape index (κ2) is 6.64. The first kappa shape index (κ1) is 16.1. The van der Waals surface area contributed by atoms with Crippen LogP contribution in [0.15, 0.2) is 22.8 Å². The van der Waals surface area contributed by atoms with Gasteiger partial charge in [0.15, 0.2) is 0 Å². The Morgan fingerprint density at radius 3 is 2.62 bits per heavy atom. The average Bonchev–Trinajstić information content (AvgIpc) is 2.37. The molecule has 0 aliphatic carbocycles. The number of halogens is 1. The predicted molar refractivity (Wildman–Crippen MR) is 83.4 cm³/mol. The van der Waals surface area contributed by atoms with E-state index in [1.54, 1.807) is 11.1 Å². The fraction of sp³-hybridized carbons (Fsp3) is 0.600. The second-order valence-corrected chi connectivity index (χ2v) is 7.01. The van der Waals surface area contributed by atoms with Crippen LogP contribution in [0.25, 0.3) is 0 Å². The summed E-state index contributed by atoms with van der Waals surface area (Å²) < 4.78 is 12.2. The molecule has 0 saturated carbocycles. The number of amides is 1. The van der Waals surface area contributed by atoms with Crippen molar-refractivity contribution in [1.82, 2.24) is 9.88 Å². The smallest absolute Gasteiger partial charge is 0.410 e. The molecule has 6 heteroatoms. The molecule has 0 spiro atoms. The molecular weight excluding hydrogens is 336 g/mol. The molecule has 1 aliphatic heterocycles. The van der Waals surface area contributed by atoms with Gasteiger partial charge in [0.25, 0.3) is 0 Å². The van der Waals surface area contributed by atoms with Gasteiger partial charge in [0.05, 0.1) is 0 Å². The van der Waals surface area contributed by atoms with E-state index in [1.807, 2.05) is 32.9 Å². The largest absolute Gasteiger partial charge is 0.474 e. The number of carbonyl (C=O) groups is 1. The van der Waals surface area contributed by atoms with Crippen molar-refractivity contribution in [3.05, 3.63) is 22.8 Å². The topological polar surface area (TPSA) is 51.7 Å². The van der Waals surface area contributed by atoms with Crippen LogP contribution in [-0.4, -0.2) is 40.8 Å². The Bertz CT molecular complexity index is 494. The van der Waals surface area contributed by atoms with Crippen LogP contribution in [0, 0.1) is 0 Å². The van der Waals surface area contributed by atoms with E-state index in [0.29, 0.717) is 19.0 Å². The minimum Gasteiger partial charge on any atom is -0.474 e. The Morgan fingerprint density at radius 2 is 2.05 bits per heavy atom. The van der Waals surface area contributed by atoms with Gasteiger partial charge in [-0.2, -0.15) is 0 Å². The Balaban J connectivity index is 1.82. The SMILES string of the molecule is CC(C)(C)OC(=O)N1CCC(Oc2cc(Br)ccn2)CC1. The summed E-state index contributed by atoms with van der Waals surface area (Å²) in [5.41, 5.74) is -0.454. The summed E-state index contributed by atoms with van der Waals surface area (Å²) in [6.45, 7) is 6.92. The lowest BCUT2D eigenvalue weighted by molar-refractivity contribution is 0.0123. The van der Waals surface area contributed by atoms with Crippen molar-refractivity contribution in [2.75, 3.05) is 13.1 Å². The molecule has 0 atom stereocenters. The number of hydrogen-bond acceptors (Lipinski definition) is 4. The van der Waals surface area contributed by atoms with Crippen molar-refractivity contribution in [2.24, 2.45) is 0 Å². The maximum absolute atomic E-state index is 12.0. The lowest BCUT2D eigenvalue weighted by Crippen LogP contribution is -2.44. The number of pyridine rings is 1. The molecular formula is C15H21BrN2O3. The van der Waals surface area contributed by atoms with Crippen LogP contribution in [0.4, 0.5) is 4.79 Å². The number of ether oxygens (including phenoxy) is 2. The van der Waals surface area contributed by atoms with E-state index >= 15 is 0 Å². The quantitative estimate of drug-likeness (QED) is 0.811. The molecule has 1 aromatic heterocycles. The molecule has 0 N–H and O–H groups in total. The van der Waals surface area contributed by atoms with Gasteiger partial charge in [-0.05, 0) is 26.8 Å². The lowest BCUT2D eigenvalue weighted by Gasteiger charge is -2.33. The van der Waals surface area contributed by atoms with E-state index in [1.165, 1.54) is 0 Å². The highest BCUT2D eigenvalue weighted by Crippen LogP contribution is 2.21. The van der Waals surface area contributed by atoms with Crippen molar-refractivity contribution < 1.29 is 14.3 Å². The maximum atomic E-state index is 12.0. The van der Waals surface area contributed by atoms with Crippen LogP contribution < -0.4 is 4.74 Å². The van der Waals surface area contributed by atoms with E-state index in [4.69, 9.17) is 9.47 Å². The van der Waals surface area contributed by atoms with Crippen LogP contribution in [0.5, 0.6) is 5.88 Å². The Kier molecular flexibility index (Phi) is 5.08. The fourth-order valence-electron chi connectivity index (χ4n) is 2.10. The fourth-order valence-corrected chi connectivity index (χ4v) is 2.42. The maximum Gasteiger partial charge on any atom is 0.410 e. The van der Waals surface area contributed by atoms with Crippen molar-refractivity contribution >= 4 is 22.0 Å². The van der Waals surface area contributed by atoms with Gasteiger partial charge in [0.2, 0.25) is 5.88 Å². The van der Waals surface area contributed by atoms with Gasteiger partial charge in [-0.25, -0.2) is 9.78 Å². The van der Waals surface area contributed by atoms with Gasteiger partial charge < -0.3 is 14.4 Å². The number of nitrogens with zero attached hydrogens (tertiary/aromatic N) is 2. The lowest BCUT2D eigenvalue weighted by atomic mass is 10.1. The first-order chi connectivity index (χ1) is 9.83. The molecule has 1 fully saturated rings. The molecule has 0 bridgehead atoms. The summed E-state index contributed by atoms with van der Waals surface area (Å²) in [4.78, 5) is 17.9. The van der Waals surface area contributed by atoms with Crippen molar-refractivity contribution in [2.45, 2.75) is 45.3 Å². The van der Waals surface area contributed by atoms with Crippen molar-refractivity contribution in [1.29, 1.82) is 0 Å². The van der Waals surface area contributed by atoms with E-state index in [9.17, 15) is 4.79 Å². The minimum atomic E-state index is -0.454. The number of hydrogen-bond donors (Lipinski definition) is 0. The van der Waals surface area contributed by atoms with Gasteiger partial charge >= 0.3 is 6.09 Å². The first-order valence-electron chi connectivity index (χ1n) is 7.09. The summed E-state index contributed by atoms with van der Waals surface area (Å²) in [6, 6.07) is 3.71. The number of likely N-dealkylation sites (tertiary alicyclic amines) is 1. The average molecular weight is 357 g/mol. The van der Waals surface area contributed by atoms with Gasteiger partial charge in [-0.3, -0.25) is 0 Å². The van der Waals surface area contributed by atoms with Gasteiger partial charge in [-0.1, -0.05) is 15.9 Å². The molecule has 2 rings (SSSR count). The highest BCUT2D eigenvalue weighted by molar-refractivity contribution is 9.10. The molecule has 0 aromatic carbocycles. The molecule has 21 heavy (non-hydrogen) atoms. The molecule has 1 saturated heterocycles. The summed E-state index contributed by atoms with van der Waals surface area (Å²) >= 11 is 3.39. The number of carbonyl (C=O) groups excluding carboxylic acids is 1. The number of rotatable bonds is 2. The van der Waals surface area contributed by atoms with Gasteiger partial charge in [0.1, 0.15) is 11.7 Å². The van der Waals surface area contributed by atoms with Crippen LogP contribution in [0.2, 0.25) is 0 Å². The monoisotopic (exact) mass is 356 g/mol. The first-order valence-corrected chi connectivity index (χ1v) is 7.89. The number of piperidine rings is 1. The van der Waals surface area contributed by atoms with Crippen LogP contribution in [-0.2, 0) is 4.74 Å². The third kappa shape index (κ3) is 5.19. The van der Waals surface area contributed by atoms with Crippen molar-refractivity contribution in [3.8, 4) is 5.88 Å². The van der Waals surface area contributed by atoms with Gasteiger partial charge in [0, 0.05) is 42.7 Å². The van der Waals surface area contributed by atoms with E-state index in [0.717, 1.165) is 17.3 Å². The van der Waals surface area contributed by atoms with Crippen LogP contribution in [0.3, 0.4) is 0 Å². The van der Waals surface area contributed by atoms with Crippen LogP contribution >= 0.6 is 15.9 Å². The van der Waals surface area contributed by atoms with E-state index < -0.39 is 5.60 Å². The molecule has 0 unspecified atom stereocenters. The van der Waals surface area contributed by atoms with Crippen LogP contribution in [0.1, 0.15) is 33.6 Å². The molecule has 1 aromatic rings. The zero-order chi connectivity index (χ0) is 15.5. The minimum absolute atomic E-state index is 0.0884. The molecule has 1 aliphatic rings.